The van der Waals surface area contributed by atoms with Crippen LogP contribution >= 0.6 is 23.2 Å². The first kappa shape index (κ1) is 25.0. The summed E-state index contributed by atoms with van der Waals surface area (Å²) in [6.07, 6.45) is 3.42. The van der Waals surface area contributed by atoms with Gasteiger partial charge in [-0.1, -0.05) is 47.5 Å². The lowest BCUT2D eigenvalue weighted by molar-refractivity contribution is 0.0471. The maximum absolute atomic E-state index is 13.5. The minimum absolute atomic E-state index is 0.0273. The standard InChI is InChI=1S/C30H23Cl2NO4/c1-17(34)19-9-12-27(36-2)21(15-19)16-37-30(35)28-22-5-3-4-6-26(22)33-29-20(8-10-23(28)29)13-18-7-11-24(31)25(32)14-18/h3-7,9,11-15H,8,10,16H2,1-2H3/b20-13+. The number of hydrogen-bond acceptors (Lipinski definition) is 5. The number of carbonyl (C=O) groups excluding carboxylic acids is 2. The molecule has 7 heteroatoms. The summed E-state index contributed by atoms with van der Waals surface area (Å²) in [5.74, 6) is 0.0323. The third-order valence-electron chi connectivity index (χ3n) is 6.48. The summed E-state index contributed by atoms with van der Waals surface area (Å²) in [6, 6.07) is 18.1. The topological polar surface area (TPSA) is 65.5 Å². The number of rotatable bonds is 6. The van der Waals surface area contributed by atoms with Gasteiger partial charge in [0, 0.05) is 16.5 Å². The first-order valence-corrected chi connectivity index (χ1v) is 12.5. The van der Waals surface area contributed by atoms with Crippen LogP contribution in [0.5, 0.6) is 5.75 Å². The van der Waals surface area contributed by atoms with Gasteiger partial charge >= 0.3 is 5.97 Å². The Kier molecular flexibility index (Phi) is 7.00. The van der Waals surface area contributed by atoms with Crippen molar-refractivity contribution in [3.8, 4) is 5.75 Å². The van der Waals surface area contributed by atoms with Crippen LogP contribution in [0, 0.1) is 0 Å². The van der Waals surface area contributed by atoms with Gasteiger partial charge in [0.1, 0.15) is 12.4 Å². The van der Waals surface area contributed by atoms with Crippen LogP contribution in [0.1, 0.15) is 56.4 Å². The van der Waals surface area contributed by atoms with Crippen LogP contribution in [-0.4, -0.2) is 23.8 Å². The number of ketones is 1. The summed E-state index contributed by atoms with van der Waals surface area (Å²) in [4.78, 5) is 30.3. The van der Waals surface area contributed by atoms with E-state index in [0.29, 0.717) is 44.4 Å². The number of pyridine rings is 1. The molecule has 1 aliphatic rings. The van der Waals surface area contributed by atoms with Gasteiger partial charge < -0.3 is 9.47 Å². The zero-order valence-electron chi connectivity index (χ0n) is 20.3. The summed E-state index contributed by atoms with van der Waals surface area (Å²) in [5.41, 5.74) is 5.95. The number of allylic oxidation sites excluding steroid dienone is 1. The fourth-order valence-electron chi connectivity index (χ4n) is 4.64. The Balaban J connectivity index is 1.53. The van der Waals surface area contributed by atoms with Crippen molar-refractivity contribution < 1.29 is 19.1 Å². The highest BCUT2D eigenvalue weighted by molar-refractivity contribution is 6.42. The lowest BCUT2D eigenvalue weighted by Crippen LogP contribution is -2.11. The number of nitrogens with zero attached hydrogens (tertiary/aromatic N) is 1. The van der Waals surface area contributed by atoms with Crippen LogP contribution in [0.2, 0.25) is 10.0 Å². The second-order valence-electron chi connectivity index (χ2n) is 8.83. The highest BCUT2D eigenvalue weighted by Crippen LogP contribution is 2.38. The molecule has 0 aliphatic heterocycles. The minimum Gasteiger partial charge on any atom is -0.496 e. The van der Waals surface area contributed by atoms with Crippen molar-refractivity contribution in [2.75, 3.05) is 7.11 Å². The summed E-state index contributed by atoms with van der Waals surface area (Å²) < 4.78 is 11.2. The number of carbonyl (C=O) groups is 2. The quantitative estimate of drug-likeness (QED) is 0.189. The van der Waals surface area contributed by atoms with E-state index in [1.54, 1.807) is 31.4 Å². The summed E-state index contributed by atoms with van der Waals surface area (Å²) >= 11 is 12.3. The number of Topliss-reactive ketones (excluding diaryl/α,β-unsaturated/α-hetero) is 1. The van der Waals surface area contributed by atoms with Gasteiger partial charge in [0.05, 0.1) is 33.9 Å². The predicted molar refractivity (Wildman–Crippen MR) is 147 cm³/mol. The summed E-state index contributed by atoms with van der Waals surface area (Å²) in [6.45, 7) is 1.47. The van der Waals surface area contributed by atoms with Crippen molar-refractivity contribution in [1.29, 1.82) is 0 Å². The normalized spacial score (nSPS) is 13.6. The number of fused-ring (bicyclic) bond motifs is 2. The number of halogens is 2. The van der Waals surface area contributed by atoms with Gasteiger partial charge in [-0.05, 0) is 78.9 Å². The summed E-state index contributed by atoms with van der Waals surface area (Å²) in [7, 11) is 1.54. The molecule has 0 spiro atoms. The molecule has 4 aromatic rings. The molecular weight excluding hydrogens is 509 g/mol. The second-order valence-corrected chi connectivity index (χ2v) is 9.65. The molecule has 1 heterocycles. The van der Waals surface area contributed by atoms with E-state index in [0.717, 1.165) is 34.2 Å². The van der Waals surface area contributed by atoms with Gasteiger partial charge in [-0.25, -0.2) is 9.78 Å². The maximum atomic E-state index is 13.5. The van der Waals surface area contributed by atoms with Crippen molar-refractivity contribution >= 4 is 57.5 Å². The molecule has 0 atom stereocenters. The highest BCUT2D eigenvalue weighted by atomic mass is 35.5. The molecule has 3 aromatic carbocycles. The first-order chi connectivity index (χ1) is 17.9. The Morgan fingerprint density at radius 3 is 2.57 bits per heavy atom. The molecule has 1 aromatic heterocycles. The molecule has 0 saturated heterocycles. The highest BCUT2D eigenvalue weighted by Gasteiger charge is 2.28. The number of ether oxygens (including phenoxy) is 2. The summed E-state index contributed by atoms with van der Waals surface area (Å²) in [5, 5.41) is 1.72. The molecule has 5 nitrogen and oxygen atoms in total. The van der Waals surface area contributed by atoms with E-state index in [1.165, 1.54) is 6.92 Å². The fourth-order valence-corrected chi connectivity index (χ4v) is 4.95. The smallest absolute Gasteiger partial charge is 0.339 e. The Labute approximate surface area is 224 Å². The molecular formula is C30H23Cl2NO4. The molecule has 0 unspecified atom stereocenters. The van der Waals surface area contributed by atoms with E-state index < -0.39 is 5.97 Å². The molecule has 0 bridgehead atoms. The molecule has 0 radical (unpaired) electrons. The van der Waals surface area contributed by atoms with Crippen LogP contribution in [0.25, 0.3) is 22.6 Å². The SMILES string of the molecule is COc1ccc(C(C)=O)cc1COC(=O)c1c2c(nc3ccccc13)/C(=C/c1ccc(Cl)c(Cl)c1)CC2. The minimum atomic E-state index is -0.444. The number of aromatic nitrogens is 1. The van der Waals surface area contributed by atoms with E-state index in [4.69, 9.17) is 37.7 Å². The third-order valence-corrected chi connectivity index (χ3v) is 7.22. The van der Waals surface area contributed by atoms with Gasteiger partial charge in [0.25, 0.3) is 0 Å². The van der Waals surface area contributed by atoms with Crippen LogP contribution in [0.15, 0.2) is 60.7 Å². The van der Waals surface area contributed by atoms with E-state index in [-0.39, 0.29) is 12.4 Å². The molecule has 0 saturated carbocycles. The molecule has 0 fully saturated rings. The van der Waals surface area contributed by atoms with Gasteiger partial charge in [-0.3, -0.25) is 4.79 Å². The number of benzene rings is 3. The number of hydrogen-bond donors (Lipinski definition) is 0. The molecule has 186 valence electrons. The third kappa shape index (κ3) is 4.97. The van der Waals surface area contributed by atoms with Crippen LogP contribution in [0.4, 0.5) is 0 Å². The number of esters is 1. The number of methoxy groups -OCH3 is 1. The predicted octanol–water partition coefficient (Wildman–Crippen LogP) is 7.60. The van der Waals surface area contributed by atoms with Gasteiger partial charge in [0.2, 0.25) is 0 Å². The van der Waals surface area contributed by atoms with Crippen molar-refractivity contribution in [3.63, 3.8) is 0 Å². The molecule has 0 N–H and O–H groups in total. The zero-order valence-corrected chi connectivity index (χ0v) is 21.8. The lowest BCUT2D eigenvalue weighted by Gasteiger charge is -2.14. The first-order valence-electron chi connectivity index (χ1n) is 11.8. The zero-order chi connectivity index (χ0) is 26.1. The van der Waals surface area contributed by atoms with E-state index in [1.807, 2.05) is 42.5 Å². The second kappa shape index (κ2) is 10.4. The van der Waals surface area contributed by atoms with Crippen molar-refractivity contribution in [1.82, 2.24) is 4.98 Å². The fraction of sp³-hybridized carbons (Fsp3) is 0.167. The average molecular weight is 532 g/mol. The van der Waals surface area contributed by atoms with E-state index in [2.05, 4.69) is 0 Å². The molecule has 5 rings (SSSR count). The molecule has 37 heavy (non-hydrogen) atoms. The largest absolute Gasteiger partial charge is 0.496 e. The van der Waals surface area contributed by atoms with Crippen molar-refractivity contribution in [3.05, 3.63) is 104 Å². The lowest BCUT2D eigenvalue weighted by atomic mass is 10.0. The Bertz CT molecular complexity index is 1590. The van der Waals surface area contributed by atoms with Crippen LogP contribution < -0.4 is 4.74 Å². The number of para-hydroxylation sites is 1. The van der Waals surface area contributed by atoms with Crippen LogP contribution in [0.3, 0.4) is 0 Å². The maximum Gasteiger partial charge on any atom is 0.339 e. The van der Waals surface area contributed by atoms with E-state index >= 15 is 0 Å². The molecule has 1 aliphatic carbocycles. The Morgan fingerprint density at radius 1 is 1.00 bits per heavy atom. The monoisotopic (exact) mass is 531 g/mol. The van der Waals surface area contributed by atoms with Crippen molar-refractivity contribution in [2.45, 2.75) is 26.4 Å². The van der Waals surface area contributed by atoms with Gasteiger partial charge in [-0.15, -0.1) is 0 Å². The van der Waals surface area contributed by atoms with Crippen molar-refractivity contribution in [2.24, 2.45) is 0 Å². The van der Waals surface area contributed by atoms with E-state index in [9.17, 15) is 9.59 Å². The Hall–Kier alpha value is -3.67. The molecule has 0 amide bonds. The van der Waals surface area contributed by atoms with Gasteiger partial charge in [0.15, 0.2) is 5.78 Å². The van der Waals surface area contributed by atoms with Crippen LogP contribution in [-0.2, 0) is 17.8 Å². The Morgan fingerprint density at radius 2 is 1.81 bits per heavy atom. The van der Waals surface area contributed by atoms with Gasteiger partial charge in [-0.2, -0.15) is 0 Å². The average Bonchev–Trinajstić information content (AvgIpc) is 3.29.